The highest BCUT2D eigenvalue weighted by Gasteiger charge is 2.15. The highest BCUT2D eigenvalue weighted by Crippen LogP contribution is 2.16. The quantitative estimate of drug-likeness (QED) is 0.332. The van der Waals surface area contributed by atoms with E-state index in [1.54, 1.807) is 73.8 Å². The summed E-state index contributed by atoms with van der Waals surface area (Å²) in [5, 5.41) is 5.48. The maximum atomic E-state index is 12.9. The molecule has 0 radical (unpaired) electrons. The first-order valence-corrected chi connectivity index (χ1v) is 10.8. The smallest absolute Gasteiger partial charge is 0.268 e. The largest absolute Gasteiger partial charge is 0.497 e. The molecule has 3 aromatic rings. The summed E-state index contributed by atoms with van der Waals surface area (Å²) in [5.41, 5.74) is 1.26. The zero-order valence-corrected chi connectivity index (χ0v) is 18.8. The number of furan rings is 1. The molecule has 1 aromatic heterocycles. The van der Waals surface area contributed by atoms with Crippen molar-refractivity contribution in [2.45, 2.75) is 26.3 Å². The number of carbonyl (C=O) groups excluding carboxylic acids is 2. The summed E-state index contributed by atoms with van der Waals surface area (Å²) in [5.74, 6) is 1.17. The lowest BCUT2D eigenvalue weighted by Gasteiger charge is -2.11. The predicted octanol–water partition coefficient (Wildman–Crippen LogP) is 4.55. The molecule has 7 nitrogen and oxygen atoms in total. The third kappa shape index (κ3) is 7.28. The molecular weight excluding hydrogens is 420 g/mol. The molecular formula is C26H28N2O5. The number of hydrogen-bond acceptors (Lipinski definition) is 5. The normalized spacial score (nSPS) is 11.0. The number of amides is 2. The number of carbonyl (C=O) groups is 2. The van der Waals surface area contributed by atoms with Crippen LogP contribution in [0.5, 0.6) is 11.5 Å². The van der Waals surface area contributed by atoms with Crippen LogP contribution >= 0.6 is 0 Å². The fourth-order valence-corrected chi connectivity index (χ4v) is 2.93. The van der Waals surface area contributed by atoms with Crippen LogP contribution in [0.4, 0.5) is 0 Å². The maximum absolute atomic E-state index is 12.9. The molecule has 172 valence electrons. The number of hydrogen-bond donors (Lipinski definition) is 2. The minimum absolute atomic E-state index is 0.111. The highest BCUT2D eigenvalue weighted by molar-refractivity contribution is 6.05. The molecule has 0 aliphatic carbocycles. The Hall–Kier alpha value is -4.00. The summed E-state index contributed by atoms with van der Waals surface area (Å²) in [6.45, 7) is 2.93. The van der Waals surface area contributed by atoms with Gasteiger partial charge in [0.25, 0.3) is 11.8 Å². The standard InChI is InChI=1S/C26H28N2O5/c1-3-4-15-32-22-13-9-20(10-14-22)25(29)28-24(17-19-7-11-21(31-2)12-8-19)26(30)27-18-23-6-5-16-33-23/h5-14,16-17H,3-4,15,18H2,1-2H3,(H,27,30)(H,28,29). The molecule has 2 N–H and O–H groups in total. The molecule has 1 heterocycles. The van der Waals surface area contributed by atoms with Gasteiger partial charge in [0.2, 0.25) is 0 Å². The second-order valence-electron chi connectivity index (χ2n) is 7.27. The van der Waals surface area contributed by atoms with Gasteiger partial charge in [-0.05, 0) is 66.6 Å². The molecule has 0 saturated heterocycles. The van der Waals surface area contributed by atoms with E-state index in [2.05, 4.69) is 17.6 Å². The van der Waals surface area contributed by atoms with Gasteiger partial charge in [-0.2, -0.15) is 0 Å². The van der Waals surface area contributed by atoms with Gasteiger partial charge < -0.3 is 24.5 Å². The van der Waals surface area contributed by atoms with E-state index in [9.17, 15) is 9.59 Å². The summed E-state index contributed by atoms with van der Waals surface area (Å²) in [4.78, 5) is 25.7. The summed E-state index contributed by atoms with van der Waals surface area (Å²) >= 11 is 0. The Kier molecular flexibility index (Phi) is 8.71. The van der Waals surface area contributed by atoms with Crippen LogP contribution < -0.4 is 20.1 Å². The predicted molar refractivity (Wildman–Crippen MR) is 126 cm³/mol. The van der Waals surface area contributed by atoms with Gasteiger partial charge in [-0.3, -0.25) is 9.59 Å². The minimum atomic E-state index is -0.435. The zero-order chi connectivity index (χ0) is 23.5. The summed E-state index contributed by atoms with van der Waals surface area (Å²) < 4.78 is 16.1. The zero-order valence-electron chi connectivity index (χ0n) is 18.8. The Morgan fingerprint density at radius 3 is 2.36 bits per heavy atom. The lowest BCUT2D eigenvalue weighted by atomic mass is 10.1. The lowest BCUT2D eigenvalue weighted by molar-refractivity contribution is -0.118. The fraction of sp³-hybridized carbons (Fsp3) is 0.231. The van der Waals surface area contributed by atoms with E-state index in [0.717, 1.165) is 18.4 Å². The van der Waals surface area contributed by atoms with Gasteiger partial charge in [-0.25, -0.2) is 0 Å². The Bertz CT molecular complexity index is 1060. The van der Waals surface area contributed by atoms with Gasteiger partial charge in [0.15, 0.2) is 0 Å². The second kappa shape index (κ2) is 12.1. The second-order valence-corrected chi connectivity index (χ2v) is 7.27. The van der Waals surface area contributed by atoms with Crippen molar-refractivity contribution in [3.63, 3.8) is 0 Å². The van der Waals surface area contributed by atoms with Gasteiger partial charge >= 0.3 is 0 Å². The molecule has 0 aliphatic rings. The van der Waals surface area contributed by atoms with E-state index in [4.69, 9.17) is 13.9 Å². The average molecular weight is 449 g/mol. The molecule has 0 spiro atoms. The molecule has 0 atom stereocenters. The molecule has 0 saturated carbocycles. The van der Waals surface area contributed by atoms with E-state index in [-0.39, 0.29) is 12.2 Å². The van der Waals surface area contributed by atoms with E-state index in [0.29, 0.717) is 29.4 Å². The SMILES string of the molecule is CCCCOc1ccc(C(=O)NC(=Cc2ccc(OC)cc2)C(=O)NCc2ccco2)cc1. The topological polar surface area (TPSA) is 89.8 Å². The Balaban J connectivity index is 1.73. The third-order valence-electron chi connectivity index (χ3n) is 4.81. The number of unbranched alkanes of at least 4 members (excludes halogenated alkanes) is 1. The summed E-state index contributed by atoms with van der Waals surface area (Å²) in [6.07, 6.45) is 5.16. The Morgan fingerprint density at radius 1 is 1.00 bits per heavy atom. The molecule has 2 aromatic carbocycles. The molecule has 0 aliphatic heterocycles. The van der Waals surface area contributed by atoms with Crippen molar-refractivity contribution in [2.75, 3.05) is 13.7 Å². The van der Waals surface area contributed by atoms with Crippen LogP contribution in [0, 0.1) is 0 Å². The fourth-order valence-electron chi connectivity index (χ4n) is 2.93. The molecule has 2 amide bonds. The number of rotatable bonds is 11. The first-order valence-electron chi connectivity index (χ1n) is 10.8. The molecule has 0 bridgehead atoms. The first kappa shape index (κ1) is 23.7. The number of benzene rings is 2. The van der Waals surface area contributed by atoms with Crippen molar-refractivity contribution in [3.05, 3.63) is 89.5 Å². The molecule has 0 fully saturated rings. The van der Waals surface area contributed by atoms with E-state index in [1.807, 2.05) is 0 Å². The lowest BCUT2D eigenvalue weighted by Crippen LogP contribution is -2.34. The van der Waals surface area contributed by atoms with Crippen LogP contribution in [0.25, 0.3) is 6.08 Å². The maximum Gasteiger partial charge on any atom is 0.268 e. The van der Waals surface area contributed by atoms with Crippen LogP contribution in [-0.2, 0) is 11.3 Å². The van der Waals surface area contributed by atoms with E-state index in [1.165, 1.54) is 6.26 Å². The van der Waals surface area contributed by atoms with Gasteiger partial charge in [-0.1, -0.05) is 25.5 Å². The van der Waals surface area contributed by atoms with Crippen LogP contribution in [0.1, 0.15) is 41.4 Å². The first-order chi connectivity index (χ1) is 16.1. The van der Waals surface area contributed by atoms with Crippen LogP contribution in [0.15, 0.2) is 77.0 Å². The molecule has 3 rings (SSSR count). The molecule has 7 heteroatoms. The van der Waals surface area contributed by atoms with Gasteiger partial charge in [0, 0.05) is 5.56 Å². The van der Waals surface area contributed by atoms with Crippen molar-refractivity contribution >= 4 is 17.9 Å². The molecule has 0 unspecified atom stereocenters. The van der Waals surface area contributed by atoms with Gasteiger partial charge in [-0.15, -0.1) is 0 Å². The van der Waals surface area contributed by atoms with Gasteiger partial charge in [0.05, 0.1) is 26.5 Å². The van der Waals surface area contributed by atoms with Crippen molar-refractivity contribution in [3.8, 4) is 11.5 Å². The van der Waals surface area contributed by atoms with Gasteiger partial charge in [0.1, 0.15) is 23.0 Å². The monoisotopic (exact) mass is 448 g/mol. The number of ether oxygens (including phenoxy) is 2. The van der Waals surface area contributed by atoms with E-state index < -0.39 is 11.8 Å². The van der Waals surface area contributed by atoms with Crippen molar-refractivity contribution < 1.29 is 23.5 Å². The molecule has 33 heavy (non-hydrogen) atoms. The third-order valence-corrected chi connectivity index (χ3v) is 4.81. The van der Waals surface area contributed by atoms with Crippen LogP contribution in [0.2, 0.25) is 0 Å². The Labute approximate surface area is 193 Å². The highest BCUT2D eigenvalue weighted by atomic mass is 16.5. The average Bonchev–Trinajstić information content (AvgIpc) is 3.37. The number of methoxy groups -OCH3 is 1. The summed E-state index contributed by atoms with van der Waals surface area (Å²) in [6, 6.07) is 17.5. The number of nitrogens with one attached hydrogen (secondary N) is 2. The van der Waals surface area contributed by atoms with E-state index >= 15 is 0 Å². The van der Waals surface area contributed by atoms with Crippen LogP contribution in [-0.4, -0.2) is 25.5 Å². The van der Waals surface area contributed by atoms with Crippen molar-refractivity contribution in [1.29, 1.82) is 0 Å². The van der Waals surface area contributed by atoms with Crippen molar-refractivity contribution in [2.24, 2.45) is 0 Å². The minimum Gasteiger partial charge on any atom is -0.497 e. The van der Waals surface area contributed by atoms with Crippen molar-refractivity contribution in [1.82, 2.24) is 10.6 Å². The summed E-state index contributed by atoms with van der Waals surface area (Å²) in [7, 11) is 1.58. The van der Waals surface area contributed by atoms with Crippen LogP contribution in [0.3, 0.4) is 0 Å². The Morgan fingerprint density at radius 2 is 1.73 bits per heavy atom.